The first kappa shape index (κ1) is 16.0. The molecule has 0 bridgehead atoms. The molecule has 0 heterocycles. The summed E-state index contributed by atoms with van der Waals surface area (Å²) >= 11 is 0. The Morgan fingerprint density at radius 1 is 1.28 bits per heavy atom. The Labute approximate surface area is 116 Å². The van der Waals surface area contributed by atoms with Crippen molar-refractivity contribution >= 4 is 8.58 Å². The Morgan fingerprint density at radius 2 is 1.94 bits per heavy atom. The Kier molecular flexibility index (Phi) is 6.12. The van der Waals surface area contributed by atoms with Gasteiger partial charge in [0, 0.05) is 0 Å². The molecule has 3 atom stereocenters. The van der Waals surface area contributed by atoms with Crippen molar-refractivity contribution in [1.29, 1.82) is 0 Å². The van der Waals surface area contributed by atoms with Gasteiger partial charge in [0.1, 0.15) is 0 Å². The molecule has 1 heteroatoms. The van der Waals surface area contributed by atoms with Crippen LogP contribution in [0, 0.1) is 17.3 Å². The number of rotatable bonds is 5. The third-order valence-corrected chi connectivity index (χ3v) is 5.01. The molecule has 0 aromatic carbocycles. The summed E-state index contributed by atoms with van der Waals surface area (Å²) in [7, 11) is 1.09. The quantitative estimate of drug-likeness (QED) is 0.564. The Morgan fingerprint density at radius 3 is 2.39 bits per heavy atom. The number of allylic oxidation sites excluding steroid dienone is 4. The lowest BCUT2D eigenvalue weighted by atomic mass is 9.72. The zero-order valence-corrected chi connectivity index (χ0v) is 14.1. The highest BCUT2D eigenvalue weighted by molar-refractivity contribution is 7.37. The van der Waals surface area contributed by atoms with Gasteiger partial charge in [0.25, 0.3) is 0 Å². The maximum absolute atomic E-state index is 2.42. The lowest BCUT2D eigenvalue weighted by Crippen LogP contribution is -2.27. The van der Waals surface area contributed by atoms with Crippen LogP contribution in [-0.2, 0) is 0 Å². The first-order chi connectivity index (χ1) is 8.45. The van der Waals surface area contributed by atoms with E-state index in [-0.39, 0.29) is 0 Å². The van der Waals surface area contributed by atoms with Gasteiger partial charge in [0.05, 0.1) is 0 Å². The maximum Gasteiger partial charge on any atom is -0.0114 e. The molecule has 0 spiro atoms. The third kappa shape index (κ3) is 3.70. The second kappa shape index (κ2) is 6.90. The highest BCUT2D eigenvalue weighted by Gasteiger charge is 2.39. The fourth-order valence-electron chi connectivity index (χ4n) is 3.58. The molecule has 0 saturated heterocycles. The van der Waals surface area contributed by atoms with E-state index in [2.05, 4.69) is 53.4 Å². The van der Waals surface area contributed by atoms with Crippen LogP contribution in [0.5, 0.6) is 0 Å². The number of hydrogen-bond acceptors (Lipinski definition) is 0. The van der Waals surface area contributed by atoms with Gasteiger partial charge in [-0.3, -0.25) is 0 Å². The summed E-state index contributed by atoms with van der Waals surface area (Å²) < 4.78 is 0. The smallest absolute Gasteiger partial charge is 0.0114 e. The molecular formula is C17H31P. The topological polar surface area (TPSA) is 0 Å². The molecule has 0 aliphatic heterocycles. The van der Waals surface area contributed by atoms with Crippen LogP contribution in [-0.4, -0.2) is 12.8 Å². The average Bonchev–Trinajstić information content (AvgIpc) is 2.64. The van der Waals surface area contributed by atoms with Crippen molar-refractivity contribution in [1.82, 2.24) is 0 Å². The Hall–Kier alpha value is -0.0900. The second-order valence-corrected chi connectivity index (χ2v) is 7.70. The molecule has 0 nitrogen and oxygen atoms in total. The zero-order chi connectivity index (χ0) is 13.8. The summed E-state index contributed by atoms with van der Waals surface area (Å²) in [5.74, 6) is 1.69. The summed E-state index contributed by atoms with van der Waals surface area (Å²) in [6.45, 7) is 14.2. The predicted molar refractivity (Wildman–Crippen MR) is 86.9 cm³/mol. The molecule has 104 valence electrons. The first-order valence-corrected chi connectivity index (χ1v) is 9.19. The summed E-state index contributed by atoms with van der Waals surface area (Å²) in [5.41, 5.74) is 3.82. The van der Waals surface area contributed by atoms with Crippen LogP contribution < -0.4 is 0 Å². The van der Waals surface area contributed by atoms with Crippen LogP contribution in [0.1, 0.15) is 53.9 Å². The van der Waals surface area contributed by atoms with Crippen LogP contribution >= 0.6 is 8.58 Å². The maximum atomic E-state index is 2.42. The molecular weight excluding hydrogens is 235 g/mol. The standard InChI is InChI=1S/C17H31P/c1-7-9-10-13-11-14(12-18-6)16(15(13)8-2)17(3,4)5/h9-10,14,16,18H,7-8,11-12H2,1-6H3/b10-9-. The molecule has 0 aromatic rings. The summed E-state index contributed by atoms with van der Waals surface area (Å²) in [6.07, 6.45) is 9.87. The minimum absolute atomic E-state index is 0.414. The normalized spacial score (nSPS) is 26.1. The lowest BCUT2D eigenvalue weighted by molar-refractivity contribution is 0.221. The van der Waals surface area contributed by atoms with Gasteiger partial charge in [-0.05, 0) is 54.9 Å². The highest BCUT2D eigenvalue weighted by atomic mass is 31.1. The third-order valence-electron chi connectivity index (χ3n) is 4.08. The van der Waals surface area contributed by atoms with Gasteiger partial charge in [-0.15, -0.1) is 8.58 Å². The van der Waals surface area contributed by atoms with Crippen molar-refractivity contribution in [3.63, 3.8) is 0 Å². The van der Waals surface area contributed by atoms with E-state index in [4.69, 9.17) is 0 Å². The van der Waals surface area contributed by atoms with Crippen LogP contribution in [0.25, 0.3) is 0 Å². The van der Waals surface area contributed by atoms with E-state index >= 15 is 0 Å². The van der Waals surface area contributed by atoms with Gasteiger partial charge >= 0.3 is 0 Å². The van der Waals surface area contributed by atoms with Crippen LogP contribution in [0.4, 0.5) is 0 Å². The van der Waals surface area contributed by atoms with Crippen molar-refractivity contribution in [3.05, 3.63) is 23.3 Å². The van der Waals surface area contributed by atoms with Crippen molar-refractivity contribution in [2.24, 2.45) is 17.3 Å². The molecule has 1 rings (SSSR count). The van der Waals surface area contributed by atoms with Crippen molar-refractivity contribution in [3.8, 4) is 0 Å². The van der Waals surface area contributed by atoms with Gasteiger partial charge < -0.3 is 0 Å². The van der Waals surface area contributed by atoms with E-state index in [1.165, 1.54) is 19.0 Å². The van der Waals surface area contributed by atoms with Gasteiger partial charge in [-0.1, -0.05) is 52.3 Å². The second-order valence-electron chi connectivity index (χ2n) is 6.58. The van der Waals surface area contributed by atoms with E-state index in [0.29, 0.717) is 5.41 Å². The van der Waals surface area contributed by atoms with E-state index in [0.717, 1.165) is 26.8 Å². The van der Waals surface area contributed by atoms with Crippen molar-refractivity contribution in [2.75, 3.05) is 12.8 Å². The molecule has 0 amide bonds. The van der Waals surface area contributed by atoms with Gasteiger partial charge in [-0.25, -0.2) is 0 Å². The molecule has 1 aliphatic rings. The van der Waals surface area contributed by atoms with Crippen molar-refractivity contribution in [2.45, 2.75) is 53.9 Å². The Balaban J connectivity index is 3.04. The molecule has 0 fully saturated rings. The predicted octanol–water partition coefficient (Wildman–Crippen LogP) is 5.65. The van der Waals surface area contributed by atoms with E-state index < -0.39 is 0 Å². The zero-order valence-electron chi connectivity index (χ0n) is 13.1. The van der Waals surface area contributed by atoms with Crippen molar-refractivity contribution < 1.29 is 0 Å². The molecule has 1 aliphatic carbocycles. The molecule has 18 heavy (non-hydrogen) atoms. The first-order valence-electron chi connectivity index (χ1n) is 7.48. The molecule has 0 radical (unpaired) electrons. The SMILES string of the molecule is CC/C=C\C1=C(CC)C(C(C)(C)C)C(CPC)C1. The van der Waals surface area contributed by atoms with Crippen LogP contribution in [0.15, 0.2) is 23.3 Å². The summed E-state index contributed by atoms with van der Waals surface area (Å²) in [5, 5.41) is 0. The van der Waals surface area contributed by atoms with Crippen LogP contribution in [0.3, 0.4) is 0 Å². The molecule has 0 N–H and O–H groups in total. The molecule has 3 unspecified atom stereocenters. The largest absolute Gasteiger partial charge is 0.125 e. The lowest BCUT2D eigenvalue weighted by Gasteiger charge is -2.34. The summed E-state index contributed by atoms with van der Waals surface area (Å²) in [6, 6.07) is 0. The minimum Gasteiger partial charge on any atom is -0.125 e. The minimum atomic E-state index is 0.414. The summed E-state index contributed by atoms with van der Waals surface area (Å²) in [4.78, 5) is 0. The average molecular weight is 266 g/mol. The highest BCUT2D eigenvalue weighted by Crippen LogP contribution is 2.49. The monoisotopic (exact) mass is 266 g/mol. The van der Waals surface area contributed by atoms with Gasteiger partial charge in [0.2, 0.25) is 0 Å². The van der Waals surface area contributed by atoms with E-state index in [1.54, 1.807) is 11.1 Å². The number of hydrogen-bond donors (Lipinski definition) is 0. The van der Waals surface area contributed by atoms with Gasteiger partial charge in [-0.2, -0.15) is 0 Å². The Bertz CT molecular complexity index is 317. The molecule has 0 saturated carbocycles. The van der Waals surface area contributed by atoms with Crippen LogP contribution in [0.2, 0.25) is 0 Å². The van der Waals surface area contributed by atoms with Gasteiger partial charge in [0.15, 0.2) is 0 Å². The fourth-order valence-corrected chi connectivity index (χ4v) is 4.48. The van der Waals surface area contributed by atoms with E-state index in [1.807, 2.05) is 0 Å². The fraction of sp³-hybridized carbons (Fsp3) is 0.765. The van der Waals surface area contributed by atoms with E-state index in [9.17, 15) is 0 Å². The molecule has 0 aromatic heterocycles.